The molecule has 96 valence electrons. The van der Waals surface area contributed by atoms with Crippen LogP contribution in [-0.4, -0.2) is 35.2 Å². The van der Waals surface area contributed by atoms with E-state index in [1.807, 2.05) is 0 Å². The van der Waals surface area contributed by atoms with Gasteiger partial charge in [0, 0.05) is 30.8 Å². The minimum Gasteiger partial charge on any atom is -0.282 e. The number of aromatic amines is 1. The summed E-state index contributed by atoms with van der Waals surface area (Å²) in [6.45, 7) is 6.86. The van der Waals surface area contributed by atoms with Gasteiger partial charge in [0.05, 0.1) is 11.4 Å². The fourth-order valence-electron chi connectivity index (χ4n) is 2.19. The Morgan fingerprint density at radius 2 is 2.18 bits per heavy atom. The zero-order valence-corrected chi connectivity index (χ0v) is 11.3. The summed E-state index contributed by atoms with van der Waals surface area (Å²) in [7, 11) is -3.09. The third-order valence-corrected chi connectivity index (χ3v) is 5.06. The minimum absolute atomic E-state index is 0.164. The van der Waals surface area contributed by atoms with Gasteiger partial charge in [0.2, 0.25) is 10.0 Å². The Morgan fingerprint density at radius 1 is 1.47 bits per heavy atom. The van der Waals surface area contributed by atoms with Crippen LogP contribution in [-0.2, 0) is 23.0 Å². The molecule has 0 aromatic carbocycles. The van der Waals surface area contributed by atoms with Gasteiger partial charge in [-0.3, -0.25) is 5.10 Å². The van der Waals surface area contributed by atoms with Crippen LogP contribution in [0.25, 0.3) is 0 Å². The summed E-state index contributed by atoms with van der Waals surface area (Å²) in [6, 6.07) is 0. The second-order valence-corrected chi connectivity index (χ2v) is 6.96. The molecule has 1 N–H and O–H groups in total. The van der Waals surface area contributed by atoms with Gasteiger partial charge in [0.1, 0.15) is 0 Å². The average Bonchev–Trinajstić information content (AvgIpc) is 2.71. The van der Waals surface area contributed by atoms with Gasteiger partial charge in [0.15, 0.2) is 0 Å². The molecule has 0 saturated heterocycles. The number of hydrogen-bond acceptors (Lipinski definition) is 3. The van der Waals surface area contributed by atoms with Crippen molar-refractivity contribution in [3.63, 3.8) is 0 Å². The molecule has 2 heterocycles. The highest BCUT2D eigenvalue weighted by atomic mass is 32.2. The van der Waals surface area contributed by atoms with E-state index in [2.05, 4.69) is 24.0 Å². The quantitative estimate of drug-likeness (QED) is 0.886. The third-order valence-electron chi connectivity index (χ3n) is 3.24. The first kappa shape index (κ1) is 12.6. The Labute approximate surface area is 102 Å². The highest BCUT2D eigenvalue weighted by Crippen LogP contribution is 2.26. The van der Waals surface area contributed by atoms with Crippen LogP contribution in [0.3, 0.4) is 0 Å². The highest BCUT2D eigenvalue weighted by Gasteiger charge is 2.29. The maximum atomic E-state index is 11.9. The van der Waals surface area contributed by atoms with Crippen molar-refractivity contribution in [2.45, 2.75) is 39.7 Å². The molecule has 0 atom stereocenters. The summed E-state index contributed by atoms with van der Waals surface area (Å²) in [5.74, 6) is 0.483. The van der Waals surface area contributed by atoms with Crippen LogP contribution < -0.4 is 0 Å². The molecule has 17 heavy (non-hydrogen) atoms. The average molecular weight is 257 g/mol. The van der Waals surface area contributed by atoms with Crippen molar-refractivity contribution in [1.82, 2.24) is 14.5 Å². The van der Waals surface area contributed by atoms with E-state index in [0.717, 1.165) is 23.4 Å². The molecular formula is C11H19N3O2S. The second-order valence-electron chi connectivity index (χ2n) is 4.70. The predicted molar refractivity (Wildman–Crippen MR) is 66.3 cm³/mol. The fraction of sp³-hybridized carbons (Fsp3) is 0.727. The van der Waals surface area contributed by atoms with Gasteiger partial charge < -0.3 is 0 Å². The van der Waals surface area contributed by atoms with Crippen LogP contribution in [0.5, 0.6) is 0 Å². The number of aromatic nitrogens is 2. The first-order valence-corrected chi connectivity index (χ1v) is 7.60. The molecule has 2 rings (SSSR count). The monoisotopic (exact) mass is 257 g/mol. The molecule has 1 aromatic rings. The van der Waals surface area contributed by atoms with Crippen molar-refractivity contribution in [2.24, 2.45) is 0 Å². The summed E-state index contributed by atoms with van der Waals surface area (Å²) in [4.78, 5) is 0. The molecular weight excluding hydrogens is 238 g/mol. The van der Waals surface area contributed by atoms with Gasteiger partial charge in [-0.2, -0.15) is 9.40 Å². The summed E-state index contributed by atoms with van der Waals surface area (Å²) in [6.07, 6.45) is 0.730. The SMILES string of the molecule is CCS(=O)(=O)N1CCc2[nH]nc(C(C)C)c2C1. The second kappa shape index (κ2) is 4.42. The van der Waals surface area contributed by atoms with Crippen LogP contribution in [0, 0.1) is 0 Å². The van der Waals surface area contributed by atoms with Gasteiger partial charge in [-0.05, 0) is 12.8 Å². The topological polar surface area (TPSA) is 66.1 Å². The maximum absolute atomic E-state index is 11.9. The number of nitrogens with zero attached hydrogens (tertiary/aromatic N) is 2. The van der Waals surface area contributed by atoms with E-state index >= 15 is 0 Å². The predicted octanol–water partition coefficient (Wildman–Crippen LogP) is 1.24. The first-order chi connectivity index (χ1) is 7.95. The lowest BCUT2D eigenvalue weighted by Gasteiger charge is -2.26. The van der Waals surface area contributed by atoms with Crippen LogP contribution in [0.1, 0.15) is 43.6 Å². The summed E-state index contributed by atoms with van der Waals surface area (Å²) >= 11 is 0. The normalized spacial score (nSPS) is 17.4. The molecule has 6 heteroatoms. The zero-order valence-electron chi connectivity index (χ0n) is 10.5. The fourth-order valence-corrected chi connectivity index (χ4v) is 3.25. The van der Waals surface area contributed by atoms with Crippen LogP contribution in [0.2, 0.25) is 0 Å². The Bertz CT molecular complexity index is 505. The molecule has 0 aliphatic carbocycles. The van der Waals surface area contributed by atoms with Crippen molar-refractivity contribution < 1.29 is 8.42 Å². The Kier molecular flexibility index (Phi) is 3.27. The van der Waals surface area contributed by atoms with E-state index in [0.29, 0.717) is 19.0 Å². The van der Waals surface area contributed by atoms with E-state index in [1.54, 1.807) is 11.2 Å². The summed E-state index contributed by atoms with van der Waals surface area (Å²) in [5, 5.41) is 7.32. The number of sulfonamides is 1. The van der Waals surface area contributed by atoms with Crippen molar-refractivity contribution in [1.29, 1.82) is 0 Å². The molecule has 0 spiro atoms. The summed E-state index contributed by atoms with van der Waals surface area (Å²) in [5.41, 5.74) is 3.16. The highest BCUT2D eigenvalue weighted by molar-refractivity contribution is 7.89. The molecule has 0 saturated carbocycles. The molecule has 0 bridgehead atoms. The number of H-pyrrole nitrogens is 1. The Hall–Kier alpha value is -0.880. The van der Waals surface area contributed by atoms with Gasteiger partial charge >= 0.3 is 0 Å². The first-order valence-electron chi connectivity index (χ1n) is 5.99. The smallest absolute Gasteiger partial charge is 0.214 e. The van der Waals surface area contributed by atoms with Gasteiger partial charge in [0.25, 0.3) is 0 Å². The molecule has 0 fully saturated rings. The standard InChI is InChI=1S/C11H19N3O2S/c1-4-17(15,16)14-6-5-10-9(7-14)11(8(2)3)13-12-10/h8H,4-7H2,1-3H3,(H,12,13). The number of hydrogen-bond donors (Lipinski definition) is 1. The number of fused-ring (bicyclic) bond motifs is 1. The lowest BCUT2D eigenvalue weighted by Crippen LogP contribution is -2.37. The lowest BCUT2D eigenvalue weighted by atomic mass is 10.0. The molecule has 0 amide bonds. The van der Waals surface area contributed by atoms with E-state index in [4.69, 9.17) is 0 Å². The van der Waals surface area contributed by atoms with Crippen molar-refractivity contribution in [3.8, 4) is 0 Å². The molecule has 0 unspecified atom stereocenters. The van der Waals surface area contributed by atoms with E-state index < -0.39 is 10.0 Å². The van der Waals surface area contributed by atoms with E-state index in [1.165, 1.54) is 0 Å². The molecule has 1 aliphatic rings. The number of nitrogens with one attached hydrogen (secondary N) is 1. The van der Waals surface area contributed by atoms with Gasteiger partial charge in [-0.1, -0.05) is 13.8 Å². The van der Waals surface area contributed by atoms with Crippen molar-refractivity contribution in [3.05, 3.63) is 17.0 Å². The van der Waals surface area contributed by atoms with Crippen LogP contribution in [0.15, 0.2) is 0 Å². The molecule has 0 radical (unpaired) electrons. The van der Waals surface area contributed by atoms with Gasteiger partial charge in [-0.15, -0.1) is 0 Å². The van der Waals surface area contributed by atoms with Crippen LogP contribution >= 0.6 is 0 Å². The van der Waals surface area contributed by atoms with Crippen molar-refractivity contribution >= 4 is 10.0 Å². The Balaban J connectivity index is 2.32. The van der Waals surface area contributed by atoms with Crippen LogP contribution in [0.4, 0.5) is 0 Å². The van der Waals surface area contributed by atoms with E-state index in [-0.39, 0.29) is 5.75 Å². The van der Waals surface area contributed by atoms with Gasteiger partial charge in [-0.25, -0.2) is 8.42 Å². The van der Waals surface area contributed by atoms with Crippen molar-refractivity contribution in [2.75, 3.05) is 12.3 Å². The lowest BCUT2D eigenvalue weighted by molar-refractivity contribution is 0.389. The zero-order chi connectivity index (χ0) is 12.6. The minimum atomic E-state index is -3.09. The number of rotatable bonds is 3. The third kappa shape index (κ3) is 2.24. The largest absolute Gasteiger partial charge is 0.282 e. The molecule has 1 aliphatic heterocycles. The molecule has 1 aromatic heterocycles. The van der Waals surface area contributed by atoms with E-state index in [9.17, 15) is 8.42 Å². The summed E-state index contributed by atoms with van der Waals surface area (Å²) < 4.78 is 25.3. The maximum Gasteiger partial charge on any atom is 0.214 e. The molecule has 5 nitrogen and oxygen atoms in total. The Morgan fingerprint density at radius 3 is 2.76 bits per heavy atom.